The third-order valence-corrected chi connectivity index (χ3v) is 14.6. The number of methoxy groups -OCH3 is 3. The number of aromatic carboxylic acids is 1. The first-order valence-electron chi connectivity index (χ1n) is 25.1. The van der Waals surface area contributed by atoms with Gasteiger partial charge in [0.2, 0.25) is 5.95 Å². The summed E-state index contributed by atoms with van der Waals surface area (Å²) >= 11 is 11.4. The largest absolute Gasteiger partial charge is 0.494 e. The summed E-state index contributed by atoms with van der Waals surface area (Å²) in [6, 6.07) is 17.3. The molecule has 2 heterocycles. The van der Waals surface area contributed by atoms with Crippen LogP contribution in [-0.4, -0.2) is 124 Å². The number of amides is 2. The molecule has 3 unspecified atom stereocenters. The summed E-state index contributed by atoms with van der Waals surface area (Å²) in [6.07, 6.45) is -11.1. The summed E-state index contributed by atoms with van der Waals surface area (Å²) in [4.78, 5) is 89.0. The minimum Gasteiger partial charge on any atom is -0.494 e. The van der Waals surface area contributed by atoms with Crippen molar-refractivity contribution in [2.75, 3.05) is 39.5 Å². The van der Waals surface area contributed by atoms with E-state index >= 15 is 0 Å². The lowest BCUT2D eigenvalue weighted by atomic mass is 10.1. The van der Waals surface area contributed by atoms with Crippen LogP contribution in [0.5, 0.6) is 23.3 Å². The first-order chi connectivity index (χ1) is 40.9. The Balaban J connectivity index is 0.000000341. The van der Waals surface area contributed by atoms with Crippen LogP contribution in [0.25, 0.3) is 5.69 Å². The number of ether oxygens (including phenoxy) is 5. The number of carbonyl (C=O) groups excluding carboxylic acids is 2. The Labute approximate surface area is 507 Å². The molecule has 0 fully saturated rings. The van der Waals surface area contributed by atoms with Crippen molar-refractivity contribution >= 4 is 70.5 Å². The number of nitrogens with one attached hydrogen (secondary N) is 2. The average molecular weight is 1330 g/mol. The van der Waals surface area contributed by atoms with E-state index in [1.54, 1.807) is 11.6 Å². The minimum atomic E-state index is -4.84. The highest BCUT2D eigenvalue weighted by Crippen LogP contribution is 2.36. The molecule has 35 heteroatoms. The van der Waals surface area contributed by atoms with Crippen LogP contribution in [0.1, 0.15) is 65.3 Å². The molecule has 6 rings (SSSR count). The topological polar surface area (TPSA) is 359 Å². The van der Waals surface area contributed by atoms with Crippen molar-refractivity contribution in [3.8, 4) is 28.9 Å². The normalized spacial score (nSPS) is 12.5. The molecular formula is C53H59Cl2F6N8O17PS. The summed E-state index contributed by atoms with van der Waals surface area (Å²) < 4.78 is 141. The average Bonchev–Trinajstić information content (AvgIpc) is 1.38. The number of halogens is 8. The Morgan fingerprint density at radius 1 is 0.864 bits per heavy atom. The van der Waals surface area contributed by atoms with Crippen LogP contribution in [0.3, 0.4) is 0 Å². The van der Waals surface area contributed by atoms with Crippen LogP contribution in [0.15, 0.2) is 99.4 Å². The van der Waals surface area contributed by atoms with Crippen LogP contribution in [0.2, 0.25) is 10.0 Å². The molecular weight excluding hydrogens is 1270 g/mol. The van der Waals surface area contributed by atoms with E-state index in [1.807, 2.05) is 25.1 Å². The Kier molecular flexibility index (Phi) is 27.4. The molecule has 6 aromatic rings. The van der Waals surface area contributed by atoms with Crippen molar-refractivity contribution in [3.05, 3.63) is 150 Å². The van der Waals surface area contributed by atoms with Crippen LogP contribution >= 0.6 is 30.6 Å². The molecule has 25 nitrogen and oxygen atoms in total. The molecule has 0 saturated heterocycles. The zero-order valence-electron chi connectivity index (χ0n) is 47.7. The number of nitrogens with zero attached hydrogens (tertiary/aromatic N) is 5. The van der Waals surface area contributed by atoms with Crippen molar-refractivity contribution < 1.29 is 97.3 Å². The molecule has 0 aliphatic carbocycles. The molecule has 0 spiro atoms. The van der Waals surface area contributed by atoms with Gasteiger partial charge in [-0.05, 0) is 92.8 Å². The third kappa shape index (κ3) is 23.1. The summed E-state index contributed by atoms with van der Waals surface area (Å²) in [5, 5.41) is 19.5. The number of hydrogen-bond donors (Lipinski definition) is 6. The van der Waals surface area contributed by atoms with Gasteiger partial charge >= 0.3 is 48.0 Å². The second-order valence-corrected chi connectivity index (χ2v) is 23.1. The number of esters is 1. The molecule has 2 aromatic heterocycles. The van der Waals surface area contributed by atoms with E-state index in [0.29, 0.717) is 32.3 Å². The highest BCUT2D eigenvalue weighted by Gasteiger charge is 2.35. The number of benzene rings is 4. The van der Waals surface area contributed by atoms with Gasteiger partial charge in [-0.1, -0.05) is 60.5 Å². The number of sulfonamides is 1. The first kappa shape index (κ1) is 74.0. The van der Waals surface area contributed by atoms with Crippen molar-refractivity contribution in [3.63, 3.8) is 0 Å². The Bertz CT molecular complexity index is 3730. The molecule has 0 bridgehead atoms. The summed E-state index contributed by atoms with van der Waals surface area (Å²) in [5.74, 6) is -1.95. The van der Waals surface area contributed by atoms with Gasteiger partial charge < -0.3 is 44.5 Å². The molecule has 480 valence electrons. The first-order valence-corrected chi connectivity index (χ1v) is 29.7. The number of aromatic nitrogens is 5. The van der Waals surface area contributed by atoms with Gasteiger partial charge in [-0.25, -0.2) is 36.9 Å². The van der Waals surface area contributed by atoms with E-state index in [1.165, 1.54) is 89.5 Å². The number of anilines is 1. The lowest BCUT2D eigenvalue weighted by Crippen LogP contribution is -2.40. The minimum absolute atomic E-state index is 0.0412. The van der Waals surface area contributed by atoms with Crippen LogP contribution in [-0.2, 0) is 61.6 Å². The van der Waals surface area contributed by atoms with Crippen LogP contribution in [0.4, 0.5) is 37.1 Å². The van der Waals surface area contributed by atoms with Crippen LogP contribution in [0, 0.1) is 6.92 Å². The molecule has 3 atom stereocenters. The Morgan fingerprint density at radius 3 is 2.02 bits per heavy atom. The van der Waals surface area contributed by atoms with Gasteiger partial charge in [0.05, 0.1) is 42.0 Å². The lowest BCUT2D eigenvalue weighted by molar-refractivity contribution is -0.148. The molecule has 88 heavy (non-hydrogen) atoms. The van der Waals surface area contributed by atoms with Gasteiger partial charge in [0.15, 0.2) is 19.2 Å². The van der Waals surface area contributed by atoms with Crippen LogP contribution < -0.4 is 46.0 Å². The third-order valence-electron chi connectivity index (χ3n) is 11.4. The predicted molar refractivity (Wildman–Crippen MR) is 307 cm³/mol. The monoisotopic (exact) mass is 1330 g/mol. The zero-order chi connectivity index (χ0) is 66.6. The number of urea groups is 1. The number of aryl methyl sites for hydroxylation is 3. The highest BCUT2D eigenvalue weighted by molar-refractivity contribution is 7.90. The lowest BCUT2D eigenvalue weighted by Gasteiger charge is -2.17. The number of carboxylic acids is 2. The zero-order valence-corrected chi connectivity index (χ0v) is 51.0. The van der Waals surface area contributed by atoms with Crippen molar-refractivity contribution in [2.24, 2.45) is 12.8 Å². The highest BCUT2D eigenvalue weighted by atomic mass is 35.5. The molecule has 7 N–H and O–H groups in total. The smallest absolute Gasteiger partial charge is 0.431 e. The number of hydrogen-bond acceptors (Lipinski definition) is 18. The molecule has 0 saturated carbocycles. The van der Waals surface area contributed by atoms with Crippen molar-refractivity contribution in [1.29, 1.82) is 0 Å². The maximum atomic E-state index is 13.1. The number of carbonyl (C=O) groups is 4. The van der Waals surface area contributed by atoms with Gasteiger partial charge in [-0.3, -0.25) is 24.0 Å². The summed E-state index contributed by atoms with van der Waals surface area (Å²) in [6.45, 7) is 6.31. The van der Waals surface area contributed by atoms with E-state index in [-0.39, 0.29) is 69.6 Å². The fourth-order valence-electron chi connectivity index (χ4n) is 7.03. The molecule has 0 radical (unpaired) electrons. The Morgan fingerprint density at radius 2 is 1.49 bits per heavy atom. The maximum Gasteiger partial charge on any atom is 0.431 e. The van der Waals surface area contributed by atoms with Gasteiger partial charge in [0, 0.05) is 37.9 Å². The van der Waals surface area contributed by atoms with Gasteiger partial charge in [-0.2, -0.15) is 41.3 Å². The number of rotatable bonds is 20. The van der Waals surface area contributed by atoms with Gasteiger partial charge in [0.25, 0.3) is 15.6 Å². The van der Waals surface area contributed by atoms with Crippen molar-refractivity contribution in [2.45, 2.75) is 82.5 Å². The van der Waals surface area contributed by atoms with Gasteiger partial charge in [-0.15, -0.1) is 0 Å². The van der Waals surface area contributed by atoms with E-state index in [2.05, 4.69) is 20.3 Å². The SMILES string of the molecule is CCc1ccc(COc2ccc(-n3c(=O)cc(C(F)(F)F)n(C)c3=O)cc2)c(OC(C)C(=O)OC)c1.COc1c(Cl)ccc(Cl)c1C(=O)O.COc1nc(C)nc(NC(=O)NS(=O)(=O)c2ccccc2CCC(F)(F)F)n1.CP(=O)(O)CCC(N)C(=O)O. The molecule has 4 aromatic carbocycles. The standard InChI is InChI=1S/C25H25F3N2O6.C15H16F3N5O4S.C8H6Cl2O3.C5H12NO4P/c1-5-16-6-7-17(20(12-16)36-15(2)23(32)34-4)14-35-19-10-8-18(9-11-19)30-22(31)13-21(25(26,27)28)29(3)24(30)33;1-9-19-12(22-14(20-9)27-2)21-13(24)23-28(25,26)11-6-4-3-5-10(11)7-8-15(16,17)18;1-13-7-5(10)3-2-4(9)6(7)8(11)12;1-11(9,10)3-2-4(6)5(7)8/h6-13,15H,5,14H2,1-4H3;3-6H,7-8H2,1-2H3,(H2,19,20,21,22,23,24);2-3H,1H3,(H,11,12);4H,2-3,6H2,1H3,(H,7,8)(H,9,10). The Hall–Kier alpha value is -8.29. The summed E-state index contributed by atoms with van der Waals surface area (Å²) in [7, 11) is -2.69. The number of nitrogens with two attached hydrogens (primary N) is 1. The second-order valence-electron chi connectivity index (χ2n) is 18.1. The second kappa shape index (κ2) is 32.6. The number of aliphatic carboxylic acids is 1. The van der Waals surface area contributed by atoms with Gasteiger partial charge in [0.1, 0.15) is 41.2 Å². The summed E-state index contributed by atoms with van der Waals surface area (Å²) in [5.41, 5.74) is 3.10. The molecule has 2 amide bonds. The number of alkyl halides is 6. The molecule has 0 aliphatic heterocycles. The number of carboxylic acid groups (broad SMARTS) is 2. The van der Waals surface area contributed by atoms with E-state index in [4.69, 9.17) is 67.7 Å². The van der Waals surface area contributed by atoms with E-state index in [0.717, 1.165) is 25.1 Å². The maximum absolute atomic E-state index is 13.1. The van der Waals surface area contributed by atoms with E-state index in [9.17, 15) is 68.1 Å². The fourth-order valence-corrected chi connectivity index (χ4v) is 9.43. The fraction of sp³-hybridized carbons (Fsp3) is 0.340. The predicted octanol–water partition coefficient (Wildman–Crippen LogP) is 8.22. The quantitative estimate of drug-likeness (QED) is 0.0238. The van der Waals surface area contributed by atoms with Crippen molar-refractivity contribution in [1.82, 2.24) is 28.8 Å². The molecule has 0 aliphatic rings. The van der Waals surface area contributed by atoms with E-state index < -0.39 is 101 Å².